The summed E-state index contributed by atoms with van der Waals surface area (Å²) in [7, 11) is 0. The first-order valence-electron chi connectivity index (χ1n) is 8.65. The predicted molar refractivity (Wildman–Crippen MR) is 97.2 cm³/mol. The SMILES string of the molecule is Cc1cccc(NC(=O)NC2NC(C)CC(NCCOCCO)N2)c1. The number of aliphatic hydroxyl groups excluding tert-OH is 1. The van der Waals surface area contributed by atoms with E-state index in [1.165, 1.54) is 0 Å². The zero-order chi connectivity index (χ0) is 18.1. The minimum atomic E-state index is -0.329. The van der Waals surface area contributed by atoms with E-state index in [1.807, 2.05) is 31.2 Å². The molecule has 25 heavy (non-hydrogen) atoms. The average molecular weight is 351 g/mol. The molecule has 2 amide bonds. The fraction of sp³-hybridized carbons (Fsp3) is 0.588. The molecule has 1 fully saturated rings. The number of ether oxygens (including phenoxy) is 1. The number of nitrogens with one attached hydrogen (secondary N) is 5. The third-order valence-corrected chi connectivity index (χ3v) is 3.83. The quantitative estimate of drug-likeness (QED) is 0.376. The molecule has 0 radical (unpaired) electrons. The van der Waals surface area contributed by atoms with Crippen molar-refractivity contribution in [2.75, 3.05) is 31.7 Å². The van der Waals surface area contributed by atoms with E-state index in [0.29, 0.717) is 19.8 Å². The summed E-state index contributed by atoms with van der Waals surface area (Å²) in [5, 5.41) is 24.3. The maximum Gasteiger partial charge on any atom is 0.321 e. The Morgan fingerprint density at radius 2 is 2.20 bits per heavy atom. The lowest BCUT2D eigenvalue weighted by Gasteiger charge is -2.36. The topological polar surface area (TPSA) is 107 Å². The molecule has 3 atom stereocenters. The van der Waals surface area contributed by atoms with Crippen molar-refractivity contribution in [3.05, 3.63) is 29.8 Å². The Morgan fingerprint density at radius 3 is 2.96 bits per heavy atom. The summed E-state index contributed by atoms with van der Waals surface area (Å²) >= 11 is 0. The number of rotatable bonds is 8. The van der Waals surface area contributed by atoms with Gasteiger partial charge < -0.3 is 20.5 Å². The highest BCUT2D eigenvalue weighted by Crippen LogP contribution is 2.09. The van der Waals surface area contributed by atoms with Crippen molar-refractivity contribution in [2.24, 2.45) is 0 Å². The van der Waals surface area contributed by atoms with Crippen molar-refractivity contribution in [2.45, 2.75) is 38.8 Å². The van der Waals surface area contributed by atoms with Crippen LogP contribution in [0.2, 0.25) is 0 Å². The molecule has 1 heterocycles. The fourth-order valence-corrected chi connectivity index (χ4v) is 2.74. The van der Waals surface area contributed by atoms with Crippen LogP contribution >= 0.6 is 0 Å². The smallest absolute Gasteiger partial charge is 0.321 e. The molecule has 1 aliphatic rings. The maximum atomic E-state index is 12.2. The van der Waals surface area contributed by atoms with E-state index in [4.69, 9.17) is 9.84 Å². The lowest BCUT2D eigenvalue weighted by molar-refractivity contribution is 0.0890. The molecule has 1 aromatic rings. The van der Waals surface area contributed by atoms with Gasteiger partial charge in [-0.1, -0.05) is 12.1 Å². The number of urea groups is 1. The second kappa shape index (κ2) is 10.3. The molecule has 1 aromatic carbocycles. The number of carbonyl (C=O) groups is 1. The fourth-order valence-electron chi connectivity index (χ4n) is 2.74. The minimum absolute atomic E-state index is 0.0324. The first-order chi connectivity index (χ1) is 12.1. The predicted octanol–water partition coefficient (Wildman–Crippen LogP) is 0.296. The highest BCUT2D eigenvalue weighted by atomic mass is 16.5. The Labute approximate surface area is 148 Å². The molecule has 1 aliphatic heterocycles. The molecule has 0 saturated carbocycles. The van der Waals surface area contributed by atoms with Crippen LogP contribution in [-0.2, 0) is 4.74 Å². The highest BCUT2D eigenvalue weighted by molar-refractivity contribution is 5.89. The number of hydrogen-bond donors (Lipinski definition) is 6. The molecule has 8 nitrogen and oxygen atoms in total. The number of aryl methyl sites for hydroxylation is 1. The molecule has 2 rings (SSSR count). The van der Waals surface area contributed by atoms with Crippen LogP contribution in [0.1, 0.15) is 18.9 Å². The third kappa shape index (κ3) is 7.37. The molecule has 3 unspecified atom stereocenters. The first kappa shape index (κ1) is 19.6. The van der Waals surface area contributed by atoms with Gasteiger partial charge in [0.1, 0.15) is 6.29 Å². The Kier molecular flexibility index (Phi) is 8.10. The summed E-state index contributed by atoms with van der Waals surface area (Å²) in [4.78, 5) is 12.2. The monoisotopic (exact) mass is 351 g/mol. The number of amides is 2. The first-order valence-corrected chi connectivity index (χ1v) is 8.65. The number of benzene rings is 1. The van der Waals surface area contributed by atoms with Crippen LogP contribution in [0.25, 0.3) is 0 Å². The largest absolute Gasteiger partial charge is 0.394 e. The van der Waals surface area contributed by atoms with E-state index in [1.54, 1.807) is 0 Å². The van der Waals surface area contributed by atoms with Crippen molar-refractivity contribution in [3.8, 4) is 0 Å². The molecule has 1 saturated heterocycles. The van der Waals surface area contributed by atoms with E-state index in [9.17, 15) is 4.79 Å². The van der Waals surface area contributed by atoms with Crippen molar-refractivity contribution < 1.29 is 14.6 Å². The Bertz CT molecular complexity index is 543. The molecule has 8 heteroatoms. The van der Waals surface area contributed by atoms with Gasteiger partial charge in [0.15, 0.2) is 0 Å². The molecule has 0 aromatic heterocycles. The van der Waals surface area contributed by atoms with Gasteiger partial charge in [0, 0.05) is 18.3 Å². The third-order valence-electron chi connectivity index (χ3n) is 3.83. The maximum absolute atomic E-state index is 12.2. The van der Waals surface area contributed by atoms with Crippen LogP contribution in [0.15, 0.2) is 24.3 Å². The summed E-state index contributed by atoms with van der Waals surface area (Å²) in [5.74, 6) is 0. The number of anilines is 1. The van der Waals surface area contributed by atoms with Crippen molar-refractivity contribution >= 4 is 11.7 Å². The zero-order valence-corrected chi connectivity index (χ0v) is 14.8. The Balaban J connectivity index is 1.75. The van der Waals surface area contributed by atoms with Gasteiger partial charge in [0.25, 0.3) is 0 Å². The summed E-state index contributed by atoms with van der Waals surface area (Å²) in [6.45, 7) is 5.64. The van der Waals surface area contributed by atoms with Crippen LogP contribution in [-0.4, -0.2) is 56.0 Å². The second-order valence-corrected chi connectivity index (χ2v) is 6.21. The molecule has 6 N–H and O–H groups in total. The van der Waals surface area contributed by atoms with Crippen molar-refractivity contribution in [1.29, 1.82) is 0 Å². The Hall–Kier alpha value is -1.71. The molecule has 0 spiro atoms. The number of carbonyl (C=O) groups excluding carboxylic acids is 1. The van der Waals surface area contributed by atoms with Crippen LogP contribution < -0.4 is 26.6 Å². The molecule has 140 valence electrons. The lowest BCUT2D eigenvalue weighted by Crippen LogP contribution is -2.67. The standard InChI is InChI=1S/C17H29N5O3/c1-12-4-3-5-14(10-12)20-17(24)22-16-19-13(2)11-15(21-16)18-6-8-25-9-7-23/h3-5,10,13,15-16,18-19,21,23H,6-9,11H2,1-2H3,(H2,20,22,24). The Morgan fingerprint density at radius 1 is 1.36 bits per heavy atom. The van der Waals surface area contributed by atoms with Crippen molar-refractivity contribution in [3.63, 3.8) is 0 Å². The lowest BCUT2D eigenvalue weighted by atomic mass is 10.1. The van der Waals surface area contributed by atoms with Crippen LogP contribution in [0, 0.1) is 6.92 Å². The van der Waals surface area contributed by atoms with Gasteiger partial charge in [-0.25, -0.2) is 4.79 Å². The number of aliphatic hydroxyl groups is 1. The van der Waals surface area contributed by atoms with Gasteiger partial charge in [0.2, 0.25) is 0 Å². The zero-order valence-electron chi connectivity index (χ0n) is 14.8. The van der Waals surface area contributed by atoms with Gasteiger partial charge in [-0.3, -0.25) is 16.0 Å². The van der Waals surface area contributed by atoms with Gasteiger partial charge >= 0.3 is 6.03 Å². The van der Waals surface area contributed by atoms with Crippen molar-refractivity contribution in [1.82, 2.24) is 21.3 Å². The molecular formula is C17H29N5O3. The summed E-state index contributed by atoms with van der Waals surface area (Å²) < 4.78 is 5.23. The van der Waals surface area contributed by atoms with Gasteiger partial charge in [-0.2, -0.15) is 0 Å². The number of hydrogen-bond acceptors (Lipinski definition) is 6. The van der Waals surface area contributed by atoms with Gasteiger partial charge in [0.05, 0.1) is 26.0 Å². The average Bonchev–Trinajstić information content (AvgIpc) is 2.54. The minimum Gasteiger partial charge on any atom is -0.394 e. The molecular weight excluding hydrogens is 322 g/mol. The van der Waals surface area contributed by atoms with Crippen LogP contribution in [0.5, 0.6) is 0 Å². The molecule has 0 aliphatic carbocycles. The van der Waals surface area contributed by atoms with E-state index < -0.39 is 0 Å². The van der Waals surface area contributed by atoms with E-state index >= 15 is 0 Å². The molecule has 0 bridgehead atoms. The second-order valence-electron chi connectivity index (χ2n) is 6.21. The van der Waals surface area contributed by atoms with Gasteiger partial charge in [-0.05, 0) is 38.0 Å². The van der Waals surface area contributed by atoms with E-state index in [0.717, 1.165) is 17.7 Å². The van der Waals surface area contributed by atoms with E-state index in [2.05, 4.69) is 33.5 Å². The van der Waals surface area contributed by atoms with Crippen LogP contribution in [0.3, 0.4) is 0 Å². The van der Waals surface area contributed by atoms with Crippen LogP contribution in [0.4, 0.5) is 10.5 Å². The highest BCUT2D eigenvalue weighted by Gasteiger charge is 2.25. The summed E-state index contributed by atoms with van der Waals surface area (Å²) in [5.41, 5.74) is 1.85. The van der Waals surface area contributed by atoms with E-state index in [-0.39, 0.29) is 31.1 Å². The summed E-state index contributed by atoms with van der Waals surface area (Å²) in [6, 6.07) is 7.64. The normalized spacial score (nSPS) is 23.2. The van der Waals surface area contributed by atoms with Gasteiger partial charge in [-0.15, -0.1) is 0 Å². The summed E-state index contributed by atoms with van der Waals surface area (Å²) in [6.07, 6.45) is 0.625.